The van der Waals surface area contributed by atoms with Crippen molar-refractivity contribution in [3.63, 3.8) is 0 Å². The van der Waals surface area contributed by atoms with E-state index in [1.807, 2.05) is 11.5 Å². The lowest BCUT2D eigenvalue weighted by Crippen LogP contribution is -2.35. The van der Waals surface area contributed by atoms with Crippen molar-refractivity contribution in [2.45, 2.75) is 58.2 Å². The Morgan fingerprint density at radius 1 is 1.32 bits per heavy atom. The molecular formula is C15H23N5O2. The van der Waals surface area contributed by atoms with Gasteiger partial charge in [-0.1, -0.05) is 13.3 Å². The van der Waals surface area contributed by atoms with Crippen LogP contribution in [0.1, 0.15) is 39.0 Å². The molecule has 0 radical (unpaired) electrons. The Hall–Kier alpha value is -1.89. The zero-order valence-corrected chi connectivity index (χ0v) is 13.0. The summed E-state index contributed by atoms with van der Waals surface area (Å²) in [5.74, 6) is 0. The molecule has 1 aliphatic heterocycles. The van der Waals surface area contributed by atoms with E-state index in [0.29, 0.717) is 23.8 Å². The average Bonchev–Trinajstić information content (AvgIpc) is 2.95. The number of hydrogen-bond acceptors (Lipinski definition) is 4. The molecule has 7 heteroatoms. The van der Waals surface area contributed by atoms with Crippen LogP contribution >= 0.6 is 0 Å². The molecule has 2 aromatic rings. The summed E-state index contributed by atoms with van der Waals surface area (Å²) in [6.07, 6.45) is 7.15. The van der Waals surface area contributed by atoms with Gasteiger partial charge in [-0.2, -0.15) is 0 Å². The van der Waals surface area contributed by atoms with Crippen LogP contribution < -0.4 is 16.6 Å². The van der Waals surface area contributed by atoms with Crippen molar-refractivity contribution in [2.75, 3.05) is 6.54 Å². The number of aryl methyl sites for hydroxylation is 2. The highest BCUT2D eigenvalue weighted by Crippen LogP contribution is 2.13. The number of aromatic amines is 1. The molecule has 1 aliphatic rings. The van der Waals surface area contributed by atoms with Crippen molar-refractivity contribution < 1.29 is 0 Å². The smallest absolute Gasteiger partial charge is 0.325 e. The van der Waals surface area contributed by atoms with Gasteiger partial charge in [-0.05, 0) is 32.2 Å². The van der Waals surface area contributed by atoms with Gasteiger partial charge in [0.05, 0.1) is 6.33 Å². The van der Waals surface area contributed by atoms with Crippen LogP contribution in [0.5, 0.6) is 0 Å². The first-order valence-electron chi connectivity index (χ1n) is 8.12. The fourth-order valence-corrected chi connectivity index (χ4v) is 3.19. The molecule has 0 bridgehead atoms. The second-order valence-electron chi connectivity index (χ2n) is 5.96. The first-order chi connectivity index (χ1) is 10.7. The molecule has 1 atom stereocenters. The number of piperidine rings is 1. The Morgan fingerprint density at radius 2 is 2.18 bits per heavy atom. The van der Waals surface area contributed by atoms with Gasteiger partial charge in [0, 0.05) is 19.1 Å². The number of aromatic nitrogens is 4. The lowest BCUT2D eigenvalue weighted by atomic mass is 10.0. The summed E-state index contributed by atoms with van der Waals surface area (Å²) in [7, 11) is 0. The number of hydrogen-bond donors (Lipinski definition) is 2. The molecule has 0 spiro atoms. The van der Waals surface area contributed by atoms with Crippen molar-refractivity contribution in [3.8, 4) is 0 Å². The molecule has 3 heterocycles. The Labute approximate surface area is 128 Å². The van der Waals surface area contributed by atoms with Crippen LogP contribution in [-0.2, 0) is 13.1 Å². The molecule has 7 nitrogen and oxygen atoms in total. The van der Waals surface area contributed by atoms with E-state index in [1.165, 1.54) is 19.3 Å². The van der Waals surface area contributed by atoms with Gasteiger partial charge in [0.15, 0.2) is 11.2 Å². The van der Waals surface area contributed by atoms with E-state index in [1.54, 1.807) is 10.9 Å². The summed E-state index contributed by atoms with van der Waals surface area (Å²) in [5, 5.41) is 3.51. The quantitative estimate of drug-likeness (QED) is 0.857. The molecule has 0 amide bonds. The fourth-order valence-electron chi connectivity index (χ4n) is 3.19. The van der Waals surface area contributed by atoms with E-state index < -0.39 is 0 Å². The lowest BCUT2D eigenvalue weighted by Gasteiger charge is -2.23. The topological polar surface area (TPSA) is 84.7 Å². The summed E-state index contributed by atoms with van der Waals surface area (Å²) < 4.78 is 3.42. The number of nitrogens with one attached hydrogen (secondary N) is 2. The first kappa shape index (κ1) is 15.0. The van der Waals surface area contributed by atoms with E-state index >= 15 is 0 Å². The molecule has 2 aromatic heterocycles. The highest BCUT2D eigenvalue weighted by molar-refractivity contribution is 5.69. The van der Waals surface area contributed by atoms with Crippen LogP contribution in [0.4, 0.5) is 0 Å². The maximum absolute atomic E-state index is 12.1. The van der Waals surface area contributed by atoms with Gasteiger partial charge in [-0.15, -0.1) is 0 Å². The van der Waals surface area contributed by atoms with Gasteiger partial charge in [-0.3, -0.25) is 14.3 Å². The maximum Gasteiger partial charge on any atom is 0.330 e. The third-order valence-electron chi connectivity index (χ3n) is 4.33. The third kappa shape index (κ3) is 2.85. The van der Waals surface area contributed by atoms with Gasteiger partial charge < -0.3 is 9.88 Å². The number of imidazole rings is 1. The summed E-state index contributed by atoms with van der Waals surface area (Å²) in [5.41, 5.74) is 0.274. The molecule has 1 saturated heterocycles. The highest BCUT2D eigenvalue weighted by atomic mass is 16.2. The molecule has 22 heavy (non-hydrogen) atoms. The molecule has 0 saturated carbocycles. The minimum Gasteiger partial charge on any atom is -0.325 e. The molecule has 2 N–H and O–H groups in total. The van der Waals surface area contributed by atoms with E-state index in [0.717, 1.165) is 25.9 Å². The molecule has 1 fully saturated rings. The van der Waals surface area contributed by atoms with Gasteiger partial charge in [0.2, 0.25) is 0 Å². The zero-order valence-electron chi connectivity index (χ0n) is 13.0. The van der Waals surface area contributed by atoms with Crippen molar-refractivity contribution in [2.24, 2.45) is 0 Å². The van der Waals surface area contributed by atoms with E-state index in [-0.39, 0.29) is 11.2 Å². The number of nitrogens with zero attached hydrogens (tertiary/aromatic N) is 3. The van der Waals surface area contributed by atoms with Crippen LogP contribution in [0.25, 0.3) is 11.2 Å². The SMILES string of the molecule is CCCn1c(=O)[nH]c(=O)c2c1ncn2CCC1CCCCN1. The van der Waals surface area contributed by atoms with Crippen LogP contribution in [0.2, 0.25) is 0 Å². The highest BCUT2D eigenvalue weighted by Gasteiger charge is 2.16. The fraction of sp³-hybridized carbons (Fsp3) is 0.667. The van der Waals surface area contributed by atoms with Crippen molar-refractivity contribution in [1.82, 2.24) is 24.4 Å². The van der Waals surface area contributed by atoms with Crippen LogP contribution in [0, 0.1) is 0 Å². The molecular weight excluding hydrogens is 282 g/mol. The van der Waals surface area contributed by atoms with Gasteiger partial charge in [-0.25, -0.2) is 9.78 Å². The van der Waals surface area contributed by atoms with Crippen LogP contribution in [-0.4, -0.2) is 31.7 Å². The monoisotopic (exact) mass is 305 g/mol. The molecule has 0 aliphatic carbocycles. The van der Waals surface area contributed by atoms with E-state index in [9.17, 15) is 9.59 Å². The first-order valence-corrected chi connectivity index (χ1v) is 8.12. The van der Waals surface area contributed by atoms with Gasteiger partial charge in [0.1, 0.15) is 0 Å². The average molecular weight is 305 g/mol. The van der Waals surface area contributed by atoms with Crippen molar-refractivity contribution in [3.05, 3.63) is 27.2 Å². The second kappa shape index (κ2) is 6.48. The lowest BCUT2D eigenvalue weighted by molar-refractivity contribution is 0.368. The third-order valence-corrected chi connectivity index (χ3v) is 4.33. The van der Waals surface area contributed by atoms with Crippen LogP contribution in [0.3, 0.4) is 0 Å². The number of H-pyrrole nitrogens is 1. The second-order valence-corrected chi connectivity index (χ2v) is 5.96. The maximum atomic E-state index is 12.1. The summed E-state index contributed by atoms with van der Waals surface area (Å²) in [6, 6.07) is 0.506. The van der Waals surface area contributed by atoms with E-state index in [2.05, 4.69) is 15.3 Å². The molecule has 1 unspecified atom stereocenters. The Morgan fingerprint density at radius 3 is 2.91 bits per heavy atom. The van der Waals surface area contributed by atoms with Crippen molar-refractivity contribution in [1.29, 1.82) is 0 Å². The molecule has 120 valence electrons. The minimum atomic E-state index is -0.376. The summed E-state index contributed by atoms with van der Waals surface area (Å²) >= 11 is 0. The van der Waals surface area contributed by atoms with Gasteiger partial charge >= 0.3 is 5.69 Å². The summed E-state index contributed by atoms with van der Waals surface area (Å²) in [4.78, 5) is 30.8. The summed E-state index contributed by atoms with van der Waals surface area (Å²) in [6.45, 7) is 4.37. The Balaban J connectivity index is 1.89. The largest absolute Gasteiger partial charge is 0.330 e. The predicted octanol–water partition coefficient (Wildman–Crippen LogP) is 0.828. The molecule has 0 aromatic carbocycles. The number of rotatable bonds is 5. The Kier molecular flexibility index (Phi) is 4.42. The van der Waals surface area contributed by atoms with E-state index in [4.69, 9.17) is 0 Å². The predicted molar refractivity (Wildman–Crippen MR) is 85.2 cm³/mol. The Bertz CT molecular complexity index is 751. The molecule has 3 rings (SSSR count). The van der Waals surface area contributed by atoms with Crippen LogP contribution in [0.15, 0.2) is 15.9 Å². The standard InChI is InChI=1S/C15H23N5O2/c1-2-8-20-13-12(14(21)18-15(20)22)19(10-17-13)9-6-11-5-3-4-7-16-11/h10-11,16H,2-9H2,1H3,(H,18,21,22). The van der Waals surface area contributed by atoms with Gasteiger partial charge in [0.25, 0.3) is 5.56 Å². The minimum absolute atomic E-state index is 0.346. The normalized spacial score (nSPS) is 18.9. The number of fused-ring (bicyclic) bond motifs is 1. The zero-order chi connectivity index (χ0) is 15.5. The van der Waals surface area contributed by atoms with Crippen molar-refractivity contribution >= 4 is 11.2 Å².